The first kappa shape index (κ1) is 10.5. The molecule has 0 radical (unpaired) electrons. The quantitative estimate of drug-likeness (QED) is 0.603. The number of hydrogen-bond acceptors (Lipinski definition) is 0. The van der Waals surface area contributed by atoms with Gasteiger partial charge in [-0.3, -0.25) is 0 Å². The highest BCUT2D eigenvalue weighted by Gasteiger charge is 2.43. The Morgan fingerprint density at radius 1 is 1.00 bits per heavy atom. The molecule has 1 aliphatic heterocycles. The summed E-state index contributed by atoms with van der Waals surface area (Å²) in [5, 5.41) is 0. The molecule has 1 aromatic heterocycles. The number of benzene rings is 1. The van der Waals surface area contributed by atoms with E-state index in [4.69, 9.17) is 0 Å². The molecule has 1 nitrogen and oxygen atoms in total. The minimum atomic E-state index is 0.130. The van der Waals surface area contributed by atoms with Crippen LogP contribution in [0.25, 0.3) is 11.3 Å². The van der Waals surface area contributed by atoms with E-state index in [0.717, 1.165) is 0 Å². The van der Waals surface area contributed by atoms with Gasteiger partial charge in [-0.25, -0.2) is 0 Å². The third-order valence-electron chi connectivity index (χ3n) is 4.24. The van der Waals surface area contributed by atoms with Crippen LogP contribution < -0.4 is 4.57 Å². The summed E-state index contributed by atoms with van der Waals surface area (Å²) < 4.78 is 2.40. The minimum absolute atomic E-state index is 0.130. The molecule has 17 heavy (non-hydrogen) atoms. The maximum Gasteiger partial charge on any atom is 0.213 e. The van der Waals surface area contributed by atoms with Gasteiger partial charge in [-0.05, 0) is 17.7 Å². The van der Waals surface area contributed by atoms with Crippen LogP contribution >= 0.6 is 0 Å². The monoisotopic (exact) mass is 224 g/mol. The molecule has 1 heteroatoms. The Balaban J connectivity index is 2.37. The molecule has 1 atom stereocenters. The Morgan fingerprint density at radius 3 is 2.53 bits per heavy atom. The fourth-order valence-corrected chi connectivity index (χ4v) is 2.86. The van der Waals surface area contributed by atoms with Gasteiger partial charge in [0.2, 0.25) is 5.69 Å². The van der Waals surface area contributed by atoms with Crippen LogP contribution in [-0.2, 0) is 5.54 Å². The molecule has 0 N–H and O–H groups in total. The molecule has 3 rings (SSSR count). The smallest absolute Gasteiger partial charge is 0.193 e. The molecule has 0 aliphatic carbocycles. The summed E-state index contributed by atoms with van der Waals surface area (Å²) in [4.78, 5) is 0. The summed E-state index contributed by atoms with van der Waals surface area (Å²) in [6.07, 6.45) is 2.20. The van der Waals surface area contributed by atoms with Crippen LogP contribution in [0.15, 0.2) is 48.7 Å². The van der Waals surface area contributed by atoms with E-state index in [9.17, 15) is 0 Å². The molecule has 0 fully saturated rings. The van der Waals surface area contributed by atoms with Gasteiger partial charge in [0.05, 0.1) is 0 Å². The van der Waals surface area contributed by atoms with E-state index in [1.165, 1.54) is 16.8 Å². The van der Waals surface area contributed by atoms with Crippen molar-refractivity contribution in [1.29, 1.82) is 0 Å². The van der Waals surface area contributed by atoms with E-state index < -0.39 is 0 Å². The lowest BCUT2D eigenvalue weighted by atomic mass is 9.77. The van der Waals surface area contributed by atoms with Gasteiger partial charge in [-0.1, -0.05) is 25.1 Å². The zero-order chi connectivity index (χ0) is 12.0. The maximum absolute atomic E-state index is 2.40. The molecule has 2 aromatic rings. The zero-order valence-corrected chi connectivity index (χ0v) is 10.6. The lowest BCUT2D eigenvalue weighted by Crippen LogP contribution is -2.58. The van der Waals surface area contributed by atoms with Gasteiger partial charge >= 0.3 is 0 Å². The molecule has 86 valence electrons. The molecule has 0 spiro atoms. The van der Waals surface area contributed by atoms with Gasteiger partial charge in [-0.15, -0.1) is 0 Å². The summed E-state index contributed by atoms with van der Waals surface area (Å²) in [6.45, 7) is 6.95. The van der Waals surface area contributed by atoms with Crippen molar-refractivity contribution in [1.82, 2.24) is 0 Å². The molecular weight excluding hydrogens is 206 g/mol. The maximum atomic E-state index is 2.40. The average Bonchev–Trinajstić information content (AvgIpc) is 2.37. The highest BCUT2D eigenvalue weighted by atomic mass is 15.1. The fraction of sp³-hybridized carbons (Fsp3) is 0.312. The van der Waals surface area contributed by atoms with Gasteiger partial charge in [0.1, 0.15) is 0 Å². The minimum Gasteiger partial charge on any atom is -0.193 e. The zero-order valence-electron chi connectivity index (χ0n) is 10.6. The van der Waals surface area contributed by atoms with Crippen molar-refractivity contribution in [3.8, 4) is 11.3 Å². The first-order valence-corrected chi connectivity index (χ1v) is 6.23. The molecule has 1 aliphatic rings. The summed E-state index contributed by atoms with van der Waals surface area (Å²) in [5.41, 5.74) is 4.29. The molecule has 0 amide bonds. The van der Waals surface area contributed by atoms with Crippen LogP contribution in [0.1, 0.15) is 32.3 Å². The van der Waals surface area contributed by atoms with Gasteiger partial charge in [-0.2, -0.15) is 4.57 Å². The Kier molecular flexibility index (Phi) is 2.12. The second-order valence-electron chi connectivity index (χ2n) is 5.42. The van der Waals surface area contributed by atoms with Crippen LogP contribution in [0.4, 0.5) is 0 Å². The van der Waals surface area contributed by atoms with E-state index in [-0.39, 0.29) is 5.54 Å². The van der Waals surface area contributed by atoms with E-state index in [1.54, 1.807) is 0 Å². The van der Waals surface area contributed by atoms with Crippen molar-refractivity contribution in [2.24, 2.45) is 0 Å². The van der Waals surface area contributed by atoms with Gasteiger partial charge in [0, 0.05) is 37.5 Å². The molecule has 1 aromatic carbocycles. The first-order valence-electron chi connectivity index (χ1n) is 6.23. The molecule has 0 saturated carbocycles. The Labute approximate surface area is 103 Å². The molecular formula is C16H18N+. The topological polar surface area (TPSA) is 3.88 Å². The van der Waals surface area contributed by atoms with E-state index in [2.05, 4.69) is 74.0 Å². The number of pyridine rings is 1. The number of fused-ring (bicyclic) bond motifs is 3. The van der Waals surface area contributed by atoms with Crippen molar-refractivity contribution in [3.63, 3.8) is 0 Å². The number of aromatic nitrogens is 1. The van der Waals surface area contributed by atoms with Crippen molar-refractivity contribution in [2.75, 3.05) is 0 Å². The van der Waals surface area contributed by atoms with Gasteiger partial charge in [0.15, 0.2) is 11.7 Å². The molecule has 0 bridgehead atoms. The Morgan fingerprint density at radius 2 is 1.71 bits per heavy atom. The lowest BCUT2D eigenvalue weighted by Gasteiger charge is -2.33. The van der Waals surface area contributed by atoms with Crippen LogP contribution in [0.2, 0.25) is 0 Å². The number of hydrogen-bond donors (Lipinski definition) is 0. The predicted molar refractivity (Wildman–Crippen MR) is 69.8 cm³/mol. The summed E-state index contributed by atoms with van der Waals surface area (Å²) in [7, 11) is 0. The fourth-order valence-electron chi connectivity index (χ4n) is 2.86. The lowest BCUT2D eigenvalue weighted by molar-refractivity contribution is -0.753. The summed E-state index contributed by atoms with van der Waals surface area (Å²) in [5.74, 6) is 0.526. The summed E-state index contributed by atoms with van der Waals surface area (Å²) >= 11 is 0. The highest BCUT2D eigenvalue weighted by Crippen LogP contribution is 2.40. The predicted octanol–water partition coefficient (Wildman–Crippen LogP) is 3.49. The Hall–Kier alpha value is -1.63. The van der Waals surface area contributed by atoms with Crippen LogP contribution in [0.3, 0.4) is 0 Å². The molecule has 1 unspecified atom stereocenters. The molecule has 0 saturated heterocycles. The van der Waals surface area contributed by atoms with Crippen molar-refractivity contribution in [3.05, 3.63) is 54.2 Å². The van der Waals surface area contributed by atoms with Crippen molar-refractivity contribution < 1.29 is 4.57 Å². The highest BCUT2D eigenvalue weighted by molar-refractivity contribution is 5.63. The second-order valence-corrected chi connectivity index (χ2v) is 5.42. The van der Waals surface area contributed by atoms with E-state index >= 15 is 0 Å². The van der Waals surface area contributed by atoms with Crippen molar-refractivity contribution in [2.45, 2.75) is 32.2 Å². The van der Waals surface area contributed by atoms with Crippen LogP contribution in [0, 0.1) is 0 Å². The van der Waals surface area contributed by atoms with Gasteiger partial charge < -0.3 is 0 Å². The standard InChI is InChI=1S/C16H18N/c1-12-13-8-4-5-9-14(13)15-10-6-7-11-17(15)16(12,2)3/h4-12H,1-3H3/q+1. The van der Waals surface area contributed by atoms with Gasteiger partial charge in [0.25, 0.3) is 0 Å². The SMILES string of the molecule is CC1c2ccccc2-c2cccc[n+]2C1(C)C. The number of nitrogens with zero attached hydrogens (tertiary/aromatic N) is 1. The van der Waals surface area contributed by atoms with Crippen LogP contribution in [-0.4, -0.2) is 0 Å². The Bertz CT molecular complexity index is 569. The normalized spacial score (nSPS) is 20.5. The largest absolute Gasteiger partial charge is 0.213 e. The second kappa shape index (κ2) is 3.43. The van der Waals surface area contributed by atoms with Crippen LogP contribution in [0.5, 0.6) is 0 Å². The first-order chi connectivity index (χ1) is 8.12. The van der Waals surface area contributed by atoms with Crippen molar-refractivity contribution >= 4 is 0 Å². The number of rotatable bonds is 0. The third-order valence-corrected chi connectivity index (χ3v) is 4.24. The third kappa shape index (κ3) is 1.35. The van der Waals surface area contributed by atoms with E-state index in [1.807, 2.05) is 0 Å². The van der Waals surface area contributed by atoms with E-state index in [0.29, 0.717) is 5.92 Å². The average molecular weight is 224 g/mol. The molecule has 2 heterocycles. The summed E-state index contributed by atoms with van der Waals surface area (Å²) in [6, 6.07) is 15.2.